The first-order valence-electron chi connectivity index (χ1n) is 8.22. The van der Waals surface area contributed by atoms with Crippen molar-refractivity contribution in [3.8, 4) is 0 Å². The van der Waals surface area contributed by atoms with Crippen LogP contribution < -0.4 is 10.6 Å². The zero-order valence-corrected chi connectivity index (χ0v) is 14.7. The third-order valence-corrected chi connectivity index (χ3v) is 3.21. The molecule has 0 aromatic heterocycles. The number of ether oxygens (including phenoxy) is 2. The van der Waals surface area contributed by atoms with Gasteiger partial charge in [0.2, 0.25) is 0 Å². The fraction of sp³-hybridized carbons (Fsp3) is 0.588. The van der Waals surface area contributed by atoms with Crippen LogP contribution in [0.5, 0.6) is 0 Å². The summed E-state index contributed by atoms with van der Waals surface area (Å²) in [5.41, 5.74) is -0.152. The summed E-state index contributed by atoms with van der Waals surface area (Å²) in [5.74, 6) is 0.566. The van der Waals surface area contributed by atoms with E-state index in [0.717, 1.165) is 18.6 Å². The first-order valence-corrected chi connectivity index (χ1v) is 8.22. The molecule has 1 aromatic carbocycles. The molecule has 25 heavy (non-hydrogen) atoms. The number of nitrogens with zero attached hydrogens (tertiary/aromatic N) is 1. The molecule has 0 fully saturated rings. The van der Waals surface area contributed by atoms with Gasteiger partial charge in [-0.3, -0.25) is 0 Å². The van der Waals surface area contributed by atoms with Gasteiger partial charge in [-0.15, -0.1) is 0 Å². The molecule has 0 heterocycles. The SMILES string of the molecule is CCNC(=NCc1cccc(C(F)(F)F)c1)NCCCOCCOC. The van der Waals surface area contributed by atoms with E-state index < -0.39 is 11.7 Å². The van der Waals surface area contributed by atoms with Gasteiger partial charge in [-0.2, -0.15) is 13.2 Å². The van der Waals surface area contributed by atoms with E-state index in [0.29, 0.717) is 44.4 Å². The number of alkyl halides is 3. The summed E-state index contributed by atoms with van der Waals surface area (Å²) in [6.07, 6.45) is -3.55. The highest BCUT2D eigenvalue weighted by molar-refractivity contribution is 5.79. The Bertz CT molecular complexity index is 522. The summed E-state index contributed by atoms with van der Waals surface area (Å²) >= 11 is 0. The third-order valence-electron chi connectivity index (χ3n) is 3.21. The molecule has 1 rings (SSSR count). The molecule has 0 atom stereocenters. The zero-order valence-electron chi connectivity index (χ0n) is 14.7. The van der Waals surface area contributed by atoms with E-state index in [1.54, 1.807) is 13.2 Å². The van der Waals surface area contributed by atoms with Gasteiger partial charge in [-0.1, -0.05) is 12.1 Å². The summed E-state index contributed by atoms with van der Waals surface area (Å²) < 4.78 is 48.4. The first-order chi connectivity index (χ1) is 12.0. The van der Waals surface area contributed by atoms with Crippen LogP contribution in [0.1, 0.15) is 24.5 Å². The molecule has 0 spiro atoms. The fourth-order valence-electron chi connectivity index (χ4n) is 1.98. The van der Waals surface area contributed by atoms with E-state index in [1.165, 1.54) is 6.07 Å². The standard InChI is InChI=1S/C17H26F3N3O2/c1-3-21-16(22-8-5-9-25-11-10-24-2)23-13-14-6-4-7-15(12-14)17(18,19)20/h4,6-7,12H,3,5,8-11,13H2,1-2H3,(H2,21,22,23). The maximum atomic E-state index is 12.7. The van der Waals surface area contributed by atoms with Crippen molar-refractivity contribution in [3.63, 3.8) is 0 Å². The lowest BCUT2D eigenvalue weighted by atomic mass is 10.1. The Morgan fingerprint density at radius 2 is 1.96 bits per heavy atom. The highest BCUT2D eigenvalue weighted by atomic mass is 19.4. The Morgan fingerprint density at radius 3 is 2.64 bits per heavy atom. The number of hydrogen-bond donors (Lipinski definition) is 2. The quantitative estimate of drug-likeness (QED) is 0.382. The Labute approximate surface area is 146 Å². The van der Waals surface area contributed by atoms with Crippen LogP contribution in [-0.2, 0) is 22.2 Å². The number of methoxy groups -OCH3 is 1. The van der Waals surface area contributed by atoms with Crippen molar-refractivity contribution >= 4 is 5.96 Å². The van der Waals surface area contributed by atoms with Crippen LogP contribution in [0, 0.1) is 0 Å². The lowest BCUT2D eigenvalue weighted by molar-refractivity contribution is -0.137. The van der Waals surface area contributed by atoms with Crippen LogP contribution >= 0.6 is 0 Å². The van der Waals surface area contributed by atoms with Crippen LogP contribution in [0.4, 0.5) is 13.2 Å². The van der Waals surface area contributed by atoms with Gasteiger partial charge in [0.05, 0.1) is 25.3 Å². The van der Waals surface area contributed by atoms with Crippen LogP contribution in [0.15, 0.2) is 29.3 Å². The second kappa shape index (κ2) is 11.7. The Hall–Kier alpha value is -1.80. The van der Waals surface area contributed by atoms with Crippen molar-refractivity contribution in [2.45, 2.75) is 26.1 Å². The number of nitrogens with one attached hydrogen (secondary N) is 2. The Morgan fingerprint density at radius 1 is 1.16 bits per heavy atom. The summed E-state index contributed by atoms with van der Waals surface area (Å²) in [6, 6.07) is 5.20. The minimum Gasteiger partial charge on any atom is -0.382 e. The van der Waals surface area contributed by atoms with Gasteiger partial charge in [0, 0.05) is 26.8 Å². The molecule has 142 valence electrons. The highest BCUT2D eigenvalue weighted by Gasteiger charge is 2.30. The van der Waals surface area contributed by atoms with Gasteiger partial charge < -0.3 is 20.1 Å². The maximum Gasteiger partial charge on any atom is 0.416 e. The van der Waals surface area contributed by atoms with Gasteiger partial charge in [0.1, 0.15) is 0 Å². The minimum atomic E-state index is -4.34. The molecule has 0 saturated carbocycles. The average Bonchev–Trinajstić information content (AvgIpc) is 2.58. The molecule has 0 aliphatic heterocycles. The molecule has 0 aliphatic carbocycles. The number of hydrogen-bond acceptors (Lipinski definition) is 3. The predicted octanol–water partition coefficient (Wildman–Crippen LogP) is 2.81. The zero-order chi connectivity index (χ0) is 18.5. The minimum absolute atomic E-state index is 0.170. The number of halogens is 3. The van der Waals surface area contributed by atoms with Crippen molar-refractivity contribution in [3.05, 3.63) is 35.4 Å². The van der Waals surface area contributed by atoms with Gasteiger partial charge in [-0.25, -0.2) is 4.99 Å². The van der Waals surface area contributed by atoms with Crippen molar-refractivity contribution in [1.29, 1.82) is 0 Å². The normalized spacial score (nSPS) is 12.3. The number of guanidine groups is 1. The average molecular weight is 361 g/mol. The van der Waals surface area contributed by atoms with Gasteiger partial charge >= 0.3 is 6.18 Å². The lowest BCUT2D eigenvalue weighted by Gasteiger charge is -2.12. The molecule has 0 aliphatic rings. The number of benzene rings is 1. The largest absolute Gasteiger partial charge is 0.416 e. The van der Waals surface area contributed by atoms with Crippen LogP contribution in [-0.4, -0.2) is 46.0 Å². The van der Waals surface area contributed by atoms with E-state index >= 15 is 0 Å². The van der Waals surface area contributed by atoms with Crippen molar-refractivity contribution < 1.29 is 22.6 Å². The third kappa shape index (κ3) is 9.31. The topological polar surface area (TPSA) is 54.9 Å². The monoisotopic (exact) mass is 361 g/mol. The molecule has 8 heteroatoms. The number of aliphatic imine (C=N–C) groups is 1. The summed E-state index contributed by atoms with van der Waals surface area (Å²) in [6.45, 7) is 5.14. The molecular formula is C17H26F3N3O2. The van der Waals surface area contributed by atoms with Crippen molar-refractivity contribution in [2.75, 3.05) is 40.0 Å². The first kappa shape index (κ1) is 21.2. The smallest absolute Gasteiger partial charge is 0.382 e. The van der Waals surface area contributed by atoms with E-state index in [2.05, 4.69) is 15.6 Å². The highest BCUT2D eigenvalue weighted by Crippen LogP contribution is 2.29. The van der Waals surface area contributed by atoms with Crippen molar-refractivity contribution in [1.82, 2.24) is 10.6 Å². The van der Waals surface area contributed by atoms with Gasteiger partial charge in [-0.05, 0) is 31.0 Å². The van der Waals surface area contributed by atoms with Gasteiger partial charge in [0.15, 0.2) is 5.96 Å². The fourth-order valence-corrected chi connectivity index (χ4v) is 1.98. The van der Waals surface area contributed by atoms with Crippen LogP contribution in [0.2, 0.25) is 0 Å². The Kier molecular flexibility index (Phi) is 9.94. The van der Waals surface area contributed by atoms with Crippen LogP contribution in [0.3, 0.4) is 0 Å². The summed E-state index contributed by atoms with van der Waals surface area (Å²) in [5, 5.41) is 6.20. The molecule has 0 saturated heterocycles. The van der Waals surface area contributed by atoms with E-state index in [4.69, 9.17) is 9.47 Å². The summed E-state index contributed by atoms with van der Waals surface area (Å²) in [7, 11) is 1.62. The molecule has 0 bridgehead atoms. The molecule has 2 N–H and O–H groups in total. The van der Waals surface area contributed by atoms with Crippen LogP contribution in [0.25, 0.3) is 0 Å². The lowest BCUT2D eigenvalue weighted by Crippen LogP contribution is -2.38. The maximum absolute atomic E-state index is 12.7. The van der Waals surface area contributed by atoms with Crippen molar-refractivity contribution in [2.24, 2.45) is 4.99 Å². The molecule has 0 amide bonds. The molecule has 5 nitrogen and oxygen atoms in total. The molecular weight excluding hydrogens is 335 g/mol. The van der Waals surface area contributed by atoms with Gasteiger partial charge in [0.25, 0.3) is 0 Å². The Balaban J connectivity index is 2.47. The van der Waals surface area contributed by atoms with E-state index in [9.17, 15) is 13.2 Å². The second-order valence-corrected chi connectivity index (χ2v) is 5.28. The molecule has 1 aromatic rings. The summed E-state index contributed by atoms with van der Waals surface area (Å²) in [4.78, 5) is 4.32. The van der Waals surface area contributed by atoms with E-state index in [-0.39, 0.29) is 6.54 Å². The number of rotatable bonds is 10. The predicted molar refractivity (Wildman–Crippen MR) is 91.6 cm³/mol. The molecule has 0 radical (unpaired) electrons. The van der Waals surface area contributed by atoms with E-state index in [1.807, 2.05) is 6.92 Å². The second-order valence-electron chi connectivity index (χ2n) is 5.28. The molecule has 0 unspecified atom stereocenters.